The quantitative estimate of drug-likeness (QED) is 0.516. The van der Waals surface area contributed by atoms with E-state index in [2.05, 4.69) is 5.10 Å². The summed E-state index contributed by atoms with van der Waals surface area (Å²) in [4.78, 5) is 15.4. The fourth-order valence-electron chi connectivity index (χ4n) is 4.92. The first-order chi connectivity index (χ1) is 16.6. The number of sulfonamides is 1. The molecule has 1 fully saturated rings. The van der Waals surface area contributed by atoms with Crippen molar-refractivity contribution in [2.24, 2.45) is 5.92 Å². The molecule has 0 aliphatic carbocycles. The van der Waals surface area contributed by atoms with Crippen molar-refractivity contribution in [1.29, 1.82) is 0 Å². The van der Waals surface area contributed by atoms with Crippen LogP contribution in [0, 0.1) is 33.6 Å². The Labute approximate surface area is 208 Å². The summed E-state index contributed by atoms with van der Waals surface area (Å²) >= 11 is 0. The SMILES string of the molecule is Cc1ccc(S(=O)(=O)N2CCC(C(=O)N(C)Cc3c(C)nn(-c4ccccc4)c3C)CC2)c(C)c1. The maximum atomic E-state index is 13.3. The van der Waals surface area contributed by atoms with Gasteiger partial charge in [0, 0.05) is 43.9 Å². The van der Waals surface area contributed by atoms with Crippen LogP contribution in [0.4, 0.5) is 0 Å². The summed E-state index contributed by atoms with van der Waals surface area (Å²) in [6.07, 6.45) is 1.04. The average molecular weight is 495 g/mol. The molecule has 2 heterocycles. The lowest BCUT2D eigenvalue weighted by atomic mass is 9.96. The van der Waals surface area contributed by atoms with Gasteiger partial charge in [-0.3, -0.25) is 4.79 Å². The zero-order valence-corrected chi connectivity index (χ0v) is 22.0. The van der Waals surface area contributed by atoms with Crippen LogP contribution in [-0.4, -0.2) is 53.4 Å². The number of para-hydroxylation sites is 1. The van der Waals surface area contributed by atoms with Gasteiger partial charge in [-0.05, 0) is 64.3 Å². The van der Waals surface area contributed by atoms with E-state index < -0.39 is 10.0 Å². The van der Waals surface area contributed by atoms with Crippen molar-refractivity contribution in [3.63, 3.8) is 0 Å². The first kappa shape index (κ1) is 25.1. The number of carbonyl (C=O) groups is 1. The van der Waals surface area contributed by atoms with Crippen molar-refractivity contribution in [2.75, 3.05) is 20.1 Å². The molecule has 3 aromatic rings. The predicted octanol–water partition coefficient (Wildman–Crippen LogP) is 4.17. The number of amides is 1. The Morgan fingerprint density at radius 1 is 1.03 bits per heavy atom. The van der Waals surface area contributed by atoms with Crippen molar-refractivity contribution in [3.05, 3.63) is 76.6 Å². The highest BCUT2D eigenvalue weighted by Gasteiger charge is 2.34. The molecule has 8 heteroatoms. The van der Waals surface area contributed by atoms with Crippen molar-refractivity contribution in [2.45, 2.75) is 52.0 Å². The molecule has 1 aliphatic rings. The van der Waals surface area contributed by atoms with Gasteiger partial charge in [0.1, 0.15) is 0 Å². The molecular formula is C27H34N4O3S. The van der Waals surface area contributed by atoms with Gasteiger partial charge in [0.2, 0.25) is 15.9 Å². The lowest BCUT2D eigenvalue weighted by Crippen LogP contribution is -2.43. The van der Waals surface area contributed by atoms with Gasteiger partial charge in [-0.15, -0.1) is 0 Å². The Hall–Kier alpha value is -2.97. The minimum Gasteiger partial charge on any atom is -0.341 e. The topological polar surface area (TPSA) is 75.5 Å². The normalized spacial score (nSPS) is 15.3. The minimum absolute atomic E-state index is 0.0554. The third-order valence-electron chi connectivity index (χ3n) is 6.96. The van der Waals surface area contributed by atoms with E-state index in [9.17, 15) is 13.2 Å². The molecule has 1 aliphatic heterocycles. The lowest BCUT2D eigenvalue weighted by molar-refractivity contribution is -0.135. The van der Waals surface area contributed by atoms with Crippen LogP contribution in [0.1, 0.15) is 40.9 Å². The van der Waals surface area contributed by atoms with Crippen molar-refractivity contribution >= 4 is 15.9 Å². The van der Waals surface area contributed by atoms with Crippen molar-refractivity contribution < 1.29 is 13.2 Å². The van der Waals surface area contributed by atoms with Crippen LogP contribution in [0.3, 0.4) is 0 Å². The van der Waals surface area contributed by atoms with E-state index in [1.807, 2.05) is 81.9 Å². The molecule has 0 radical (unpaired) electrons. The van der Waals surface area contributed by atoms with E-state index in [-0.39, 0.29) is 11.8 Å². The summed E-state index contributed by atoms with van der Waals surface area (Å²) in [5.74, 6) is -0.129. The van der Waals surface area contributed by atoms with E-state index >= 15 is 0 Å². The second-order valence-electron chi connectivity index (χ2n) is 9.54. The molecule has 1 saturated heterocycles. The van der Waals surface area contributed by atoms with Gasteiger partial charge in [0.05, 0.1) is 16.3 Å². The molecule has 0 N–H and O–H groups in total. The molecule has 0 atom stereocenters. The predicted molar refractivity (Wildman–Crippen MR) is 137 cm³/mol. The summed E-state index contributed by atoms with van der Waals surface area (Å²) < 4.78 is 29.8. The molecule has 0 saturated carbocycles. The number of piperidine rings is 1. The lowest BCUT2D eigenvalue weighted by Gasteiger charge is -2.33. The smallest absolute Gasteiger partial charge is 0.243 e. The van der Waals surface area contributed by atoms with Gasteiger partial charge in [0.15, 0.2) is 0 Å². The Bertz CT molecular complexity index is 1320. The van der Waals surface area contributed by atoms with Crippen LogP contribution in [0.2, 0.25) is 0 Å². The second kappa shape index (κ2) is 9.95. The molecule has 1 aromatic heterocycles. The number of aromatic nitrogens is 2. The molecule has 186 valence electrons. The van der Waals surface area contributed by atoms with E-state index in [4.69, 9.17) is 0 Å². The van der Waals surface area contributed by atoms with Crippen molar-refractivity contribution in [1.82, 2.24) is 19.0 Å². The maximum absolute atomic E-state index is 13.3. The second-order valence-corrected chi connectivity index (χ2v) is 11.4. The largest absolute Gasteiger partial charge is 0.341 e. The molecule has 35 heavy (non-hydrogen) atoms. The molecule has 0 unspecified atom stereocenters. The van der Waals surface area contributed by atoms with Crippen LogP contribution in [0.15, 0.2) is 53.4 Å². The third-order valence-corrected chi connectivity index (χ3v) is 9.02. The highest BCUT2D eigenvalue weighted by molar-refractivity contribution is 7.89. The van der Waals surface area contributed by atoms with Crippen LogP contribution in [-0.2, 0) is 21.4 Å². The Kier molecular flexibility index (Phi) is 7.15. The Morgan fingerprint density at radius 3 is 2.31 bits per heavy atom. The van der Waals surface area contributed by atoms with Crippen LogP contribution in [0.5, 0.6) is 0 Å². The zero-order valence-electron chi connectivity index (χ0n) is 21.2. The number of hydrogen-bond acceptors (Lipinski definition) is 4. The van der Waals surface area contributed by atoms with E-state index in [1.54, 1.807) is 11.0 Å². The molecule has 4 rings (SSSR count). The molecule has 0 spiro atoms. The van der Waals surface area contributed by atoms with Gasteiger partial charge < -0.3 is 4.90 Å². The number of hydrogen-bond donors (Lipinski definition) is 0. The number of carbonyl (C=O) groups excluding carboxylic acids is 1. The first-order valence-corrected chi connectivity index (χ1v) is 13.5. The number of nitrogens with zero attached hydrogens (tertiary/aromatic N) is 4. The monoisotopic (exact) mass is 494 g/mol. The summed E-state index contributed by atoms with van der Waals surface area (Å²) in [5, 5.41) is 4.69. The fraction of sp³-hybridized carbons (Fsp3) is 0.407. The molecule has 2 aromatic carbocycles. The van der Waals surface area contributed by atoms with Crippen LogP contribution in [0.25, 0.3) is 5.69 Å². The summed E-state index contributed by atoms with van der Waals surface area (Å²) in [7, 11) is -1.75. The van der Waals surface area contributed by atoms with Crippen molar-refractivity contribution in [3.8, 4) is 5.69 Å². The Morgan fingerprint density at radius 2 is 1.69 bits per heavy atom. The fourth-order valence-corrected chi connectivity index (χ4v) is 6.60. The van der Waals surface area contributed by atoms with Crippen LogP contribution < -0.4 is 0 Å². The molecule has 1 amide bonds. The highest BCUT2D eigenvalue weighted by atomic mass is 32.2. The van der Waals surface area contributed by atoms with Gasteiger partial charge >= 0.3 is 0 Å². The van der Waals surface area contributed by atoms with Gasteiger partial charge in [0.25, 0.3) is 0 Å². The minimum atomic E-state index is -3.56. The third kappa shape index (κ3) is 5.04. The highest BCUT2D eigenvalue weighted by Crippen LogP contribution is 2.28. The molecule has 0 bridgehead atoms. The number of aryl methyl sites for hydroxylation is 3. The van der Waals surface area contributed by atoms with Crippen LogP contribution >= 0.6 is 0 Å². The summed E-state index contributed by atoms with van der Waals surface area (Å²) in [5.41, 5.74) is 5.74. The van der Waals surface area contributed by atoms with Gasteiger partial charge in [-0.2, -0.15) is 9.40 Å². The summed E-state index contributed by atoms with van der Waals surface area (Å²) in [6, 6.07) is 15.4. The van der Waals surface area contributed by atoms with Gasteiger partial charge in [-0.1, -0.05) is 35.9 Å². The first-order valence-electron chi connectivity index (χ1n) is 12.0. The van der Waals surface area contributed by atoms with E-state index in [1.165, 1.54) is 4.31 Å². The van der Waals surface area contributed by atoms with E-state index in [0.717, 1.165) is 33.8 Å². The number of benzene rings is 2. The zero-order chi connectivity index (χ0) is 25.3. The van der Waals surface area contributed by atoms with E-state index in [0.29, 0.717) is 37.4 Å². The maximum Gasteiger partial charge on any atom is 0.243 e. The standard InChI is InChI=1S/C27H34N4O3S/c1-19-11-12-26(20(2)17-19)35(33,34)30-15-13-23(14-16-30)27(32)29(5)18-25-21(3)28-31(22(25)4)24-9-7-6-8-10-24/h6-12,17,23H,13-16,18H2,1-5H3. The number of rotatable bonds is 6. The Balaban J connectivity index is 1.41. The average Bonchev–Trinajstić information content (AvgIpc) is 3.12. The molecular weight excluding hydrogens is 460 g/mol. The van der Waals surface area contributed by atoms with Gasteiger partial charge in [-0.25, -0.2) is 13.1 Å². The molecule has 7 nitrogen and oxygen atoms in total. The summed E-state index contributed by atoms with van der Waals surface area (Å²) in [6.45, 7) is 8.95.